The van der Waals surface area contributed by atoms with Gasteiger partial charge in [-0.1, -0.05) is 12.1 Å². The third-order valence-corrected chi connectivity index (χ3v) is 4.47. The normalized spacial score (nSPS) is 10.2. The molecule has 0 aliphatic carbocycles. The molecule has 5 nitrogen and oxygen atoms in total. The van der Waals surface area contributed by atoms with Crippen LogP contribution >= 0.6 is 11.3 Å². The van der Waals surface area contributed by atoms with E-state index in [2.05, 4.69) is 5.43 Å². The number of carbonyl (C=O) groups excluding carboxylic acids is 1. The van der Waals surface area contributed by atoms with Crippen LogP contribution in [0.15, 0.2) is 66.0 Å². The van der Waals surface area contributed by atoms with Crippen LogP contribution < -0.4 is 19.9 Å². The monoisotopic (exact) mass is 354 g/mol. The van der Waals surface area contributed by atoms with E-state index in [1.54, 1.807) is 25.3 Å². The molecule has 25 heavy (non-hydrogen) atoms. The first-order valence-electron chi connectivity index (χ1n) is 7.64. The Labute approximate surface area is 150 Å². The van der Waals surface area contributed by atoms with Crippen LogP contribution in [0.4, 0.5) is 11.4 Å². The molecule has 0 spiro atoms. The first-order chi connectivity index (χ1) is 12.2. The minimum atomic E-state index is -0.173. The highest BCUT2D eigenvalue weighted by atomic mass is 32.1. The SMILES string of the molecule is COc1ccc(N(NC(=O)c2cccs2)c2cccc(OC)c2)cc1. The van der Waals surface area contributed by atoms with E-state index in [0.717, 1.165) is 17.1 Å². The lowest BCUT2D eigenvalue weighted by Crippen LogP contribution is -2.38. The largest absolute Gasteiger partial charge is 0.497 e. The lowest BCUT2D eigenvalue weighted by Gasteiger charge is -2.25. The summed E-state index contributed by atoms with van der Waals surface area (Å²) in [6.07, 6.45) is 0. The highest BCUT2D eigenvalue weighted by Gasteiger charge is 2.15. The molecule has 2 aromatic carbocycles. The van der Waals surface area contributed by atoms with Crippen molar-refractivity contribution in [2.75, 3.05) is 19.2 Å². The van der Waals surface area contributed by atoms with E-state index in [1.807, 2.05) is 60.0 Å². The minimum absolute atomic E-state index is 0.173. The number of amides is 1. The Balaban J connectivity index is 1.95. The number of rotatable bonds is 6. The van der Waals surface area contributed by atoms with E-state index < -0.39 is 0 Å². The van der Waals surface area contributed by atoms with Crippen LogP contribution in [-0.4, -0.2) is 20.1 Å². The summed E-state index contributed by atoms with van der Waals surface area (Å²) in [6, 6.07) is 18.6. The molecule has 6 heteroatoms. The molecule has 0 fully saturated rings. The third-order valence-electron chi connectivity index (χ3n) is 3.60. The second kappa shape index (κ2) is 7.72. The summed E-state index contributed by atoms with van der Waals surface area (Å²) in [7, 11) is 3.23. The third kappa shape index (κ3) is 3.92. The number of carbonyl (C=O) groups is 1. The lowest BCUT2D eigenvalue weighted by molar-refractivity contribution is 0.0958. The molecule has 128 valence electrons. The highest BCUT2D eigenvalue weighted by Crippen LogP contribution is 2.28. The molecule has 3 aromatic rings. The molecule has 1 N–H and O–H groups in total. The van der Waals surface area contributed by atoms with Gasteiger partial charge in [0, 0.05) is 6.07 Å². The number of hydrazine groups is 1. The zero-order chi connectivity index (χ0) is 17.6. The van der Waals surface area contributed by atoms with Gasteiger partial charge in [0.2, 0.25) is 0 Å². The Kier molecular flexibility index (Phi) is 5.20. The topological polar surface area (TPSA) is 50.8 Å². The summed E-state index contributed by atoms with van der Waals surface area (Å²) in [5.41, 5.74) is 4.54. The van der Waals surface area contributed by atoms with Crippen LogP contribution in [0, 0.1) is 0 Å². The fourth-order valence-corrected chi connectivity index (χ4v) is 2.94. The number of methoxy groups -OCH3 is 2. The molecule has 0 saturated heterocycles. The van der Waals surface area contributed by atoms with Crippen molar-refractivity contribution in [2.24, 2.45) is 0 Å². The van der Waals surface area contributed by atoms with E-state index in [0.29, 0.717) is 10.6 Å². The van der Waals surface area contributed by atoms with Gasteiger partial charge in [0.1, 0.15) is 11.5 Å². The van der Waals surface area contributed by atoms with Crippen LogP contribution in [0.2, 0.25) is 0 Å². The van der Waals surface area contributed by atoms with Crippen LogP contribution in [0.25, 0.3) is 0 Å². The maximum atomic E-state index is 12.5. The maximum Gasteiger partial charge on any atom is 0.280 e. The van der Waals surface area contributed by atoms with Gasteiger partial charge in [0.05, 0.1) is 30.5 Å². The zero-order valence-corrected chi connectivity index (χ0v) is 14.7. The van der Waals surface area contributed by atoms with E-state index in [1.165, 1.54) is 11.3 Å². The number of nitrogens with zero attached hydrogens (tertiary/aromatic N) is 1. The summed E-state index contributed by atoms with van der Waals surface area (Å²) in [5, 5.41) is 3.60. The van der Waals surface area contributed by atoms with Crippen molar-refractivity contribution in [3.8, 4) is 11.5 Å². The quantitative estimate of drug-likeness (QED) is 0.673. The number of benzene rings is 2. The first kappa shape index (κ1) is 16.9. The number of nitrogens with one attached hydrogen (secondary N) is 1. The van der Waals surface area contributed by atoms with Gasteiger partial charge >= 0.3 is 0 Å². The minimum Gasteiger partial charge on any atom is -0.497 e. The number of thiophene rings is 1. The molecule has 1 heterocycles. The Hall–Kier alpha value is -2.99. The van der Waals surface area contributed by atoms with Crippen molar-refractivity contribution < 1.29 is 14.3 Å². The second-order valence-electron chi connectivity index (χ2n) is 5.15. The average Bonchev–Trinajstić information content (AvgIpc) is 3.21. The molecule has 1 amide bonds. The Bertz CT molecular complexity index is 832. The van der Waals surface area contributed by atoms with Crippen LogP contribution in [0.5, 0.6) is 11.5 Å². The summed E-state index contributed by atoms with van der Waals surface area (Å²) < 4.78 is 10.5. The molecule has 0 unspecified atom stereocenters. The van der Waals surface area contributed by atoms with E-state index in [-0.39, 0.29) is 5.91 Å². The predicted molar refractivity (Wildman–Crippen MR) is 99.9 cm³/mol. The zero-order valence-electron chi connectivity index (χ0n) is 13.9. The molecule has 0 aliphatic heterocycles. The van der Waals surface area contributed by atoms with E-state index in [9.17, 15) is 4.79 Å². The fraction of sp³-hybridized carbons (Fsp3) is 0.105. The van der Waals surface area contributed by atoms with Crippen LogP contribution in [0.3, 0.4) is 0 Å². The smallest absolute Gasteiger partial charge is 0.280 e. The van der Waals surface area contributed by atoms with Gasteiger partial charge in [-0.05, 0) is 47.8 Å². The Morgan fingerprint density at radius 3 is 2.32 bits per heavy atom. The molecule has 0 bridgehead atoms. The van der Waals surface area contributed by atoms with Crippen LogP contribution in [-0.2, 0) is 0 Å². The lowest BCUT2D eigenvalue weighted by atomic mass is 10.2. The molecule has 1 aromatic heterocycles. The summed E-state index contributed by atoms with van der Waals surface area (Å²) >= 11 is 1.39. The van der Waals surface area contributed by atoms with Crippen molar-refractivity contribution in [2.45, 2.75) is 0 Å². The summed E-state index contributed by atoms with van der Waals surface area (Å²) in [4.78, 5) is 13.2. The van der Waals surface area contributed by atoms with Crippen molar-refractivity contribution >= 4 is 28.6 Å². The predicted octanol–water partition coefficient (Wildman–Crippen LogP) is 4.25. The molecule has 0 atom stereocenters. The Morgan fingerprint density at radius 2 is 1.68 bits per heavy atom. The van der Waals surface area contributed by atoms with Crippen molar-refractivity contribution in [1.29, 1.82) is 0 Å². The molecular formula is C19H18N2O3S. The van der Waals surface area contributed by atoms with Gasteiger partial charge in [0.25, 0.3) is 5.91 Å². The summed E-state index contributed by atoms with van der Waals surface area (Å²) in [6.45, 7) is 0. The standard InChI is InChI=1S/C19H18N2O3S/c1-23-16-10-8-14(9-11-16)21(15-5-3-6-17(13-15)24-2)20-19(22)18-7-4-12-25-18/h3-13H,1-2H3,(H,20,22). The highest BCUT2D eigenvalue weighted by molar-refractivity contribution is 7.12. The van der Waals surface area contributed by atoms with Gasteiger partial charge in [-0.3, -0.25) is 15.2 Å². The molecule has 3 rings (SSSR count). The van der Waals surface area contributed by atoms with E-state index >= 15 is 0 Å². The van der Waals surface area contributed by atoms with Crippen molar-refractivity contribution in [3.05, 3.63) is 70.9 Å². The second-order valence-corrected chi connectivity index (χ2v) is 6.10. The maximum absolute atomic E-state index is 12.5. The number of anilines is 2. The number of ether oxygens (including phenoxy) is 2. The van der Waals surface area contributed by atoms with Gasteiger partial charge in [-0.25, -0.2) is 0 Å². The van der Waals surface area contributed by atoms with Crippen molar-refractivity contribution in [3.63, 3.8) is 0 Å². The van der Waals surface area contributed by atoms with Crippen LogP contribution in [0.1, 0.15) is 9.67 Å². The molecule has 0 saturated carbocycles. The Morgan fingerprint density at radius 1 is 0.920 bits per heavy atom. The summed E-state index contributed by atoms with van der Waals surface area (Å²) in [5.74, 6) is 1.29. The molecule has 0 aliphatic rings. The van der Waals surface area contributed by atoms with Crippen molar-refractivity contribution in [1.82, 2.24) is 5.43 Å². The van der Waals surface area contributed by atoms with E-state index in [4.69, 9.17) is 9.47 Å². The average molecular weight is 354 g/mol. The molecule has 0 radical (unpaired) electrons. The van der Waals surface area contributed by atoms with Gasteiger partial charge in [-0.2, -0.15) is 0 Å². The fourth-order valence-electron chi connectivity index (χ4n) is 2.32. The van der Waals surface area contributed by atoms with Gasteiger partial charge < -0.3 is 9.47 Å². The molecular weight excluding hydrogens is 336 g/mol. The van der Waals surface area contributed by atoms with Gasteiger partial charge in [0.15, 0.2) is 0 Å². The number of hydrogen-bond donors (Lipinski definition) is 1. The van der Waals surface area contributed by atoms with Gasteiger partial charge in [-0.15, -0.1) is 11.3 Å². The number of hydrogen-bond acceptors (Lipinski definition) is 5. The first-order valence-corrected chi connectivity index (χ1v) is 8.52.